The molecule has 2 fully saturated rings. The van der Waals surface area contributed by atoms with Gasteiger partial charge in [-0.2, -0.15) is 0 Å². The molecule has 0 atom stereocenters. The predicted octanol–water partition coefficient (Wildman–Crippen LogP) is 2.59. The highest BCUT2D eigenvalue weighted by Crippen LogP contribution is 2.37. The van der Waals surface area contributed by atoms with E-state index in [1.165, 1.54) is 25.7 Å². The first-order valence-electron chi connectivity index (χ1n) is 7.01. The standard InChI is InChI=1S/C15H20N2O2/c16-12-5-6-13(15(18)19)14(7-12)17(8-10-1-2-10)9-11-3-4-11/h5-7,10-11H,1-4,8-9,16H2,(H,18,19). The molecule has 1 aromatic carbocycles. The van der Waals surface area contributed by atoms with E-state index >= 15 is 0 Å². The smallest absolute Gasteiger partial charge is 0.337 e. The molecule has 0 radical (unpaired) electrons. The zero-order valence-corrected chi connectivity index (χ0v) is 11.0. The number of carboxylic acids is 1. The maximum Gasteiger partial charge on any atom is 0.337 e. The monoisotopic (exact) mass is 260 g/mol. The number of nitrogens with two attached hydrogens (primary N) is 1. The van der Waals surface area contributed by atoms with E-state index in [2.05, 4.69) is 4.90 Å². The molecule has 3 rings (SSSR count). The molecule has 2 aliphatic carbocycles. The van der Waals surface area contributed by atoms with Crippen LogP contribution in [0, 0.1) is 11.8 Å². The van der Waals surface area contributed by atoms with Gasteiger partial charge in [-0.1, -0.05) is 0 Å². The van der Waals surface area contributed by atoms with Crippen molar-refractivity contribution in [2.24, 2.45) is 11.8 Å². The zero-order valence-electron chi connectivity index (χ0n) is 11.0. The van der Waals surface area contributed by atoms with E-state index in [1.54, 1.807) is 12.1 Å². The Kier molecular flexibility index (Phi) is 3.09. The van der Waals surface area contributed by atoms with Gasteiger partial charge in [0.1, 0.15) is 0 Å². The molecule has 1 aromatic rings. The average Bonchev–Trinajstić information content (AvgIpc) is 3.22. The molecule has 0 amide bonds. The van der Waals surface area contributed by atoms with Crippen LogP contribution < -0.4 is 10.6 Å². The number of carbonyl (C=O) groups is 1. The van der Waals surface area contributed by atoms with Crippen LogP contribution >= 0.6 is 0 Å². The van der Waals surface area contributed by atoms with Gasteiger partial charge in [-0.15, -0.1) is 0 Å². The van der Waals surface area contributed by atoms with Crippen LogP contribution in [0.5, 0.6) is 0 Å². The molecule has 102 valence electrons. The quantitative estimate of drug-likeness (QED) is 0.771. The summed E-state index contributed by atoms with van der Waals surface area (Å²) in [6.45, 7) is 1.94. The summed E-state index contributed by atoms with van der Waals surface area (Å²) in [6.07, 6.45) is 5.08. The molecule has 3 N–H and O–H groups in total. The van der Waals surface area contributed by atoms with Crippen LogP contribution in [-0.4, -0.2) is 24.2 Å². The average molecular weight is 260 g/mol. The molecule has 0 aromatic heterocycles. The second kappa shape index (κ2) is 4.76. The van der Waals surface area contributed by atoms with Crippen LogP contribution in [0.4, 0.5) is 11.4 Å². The zero-order chi connectivity index (χ0) is 13.4. The number of rotatable bonds is 6. The number of hydrogen-bond acceptors (Lipinski definition) is 3. The number of hydrogen-bond donors (Lipinski definition) is 2. The normalized spacial score (nSPS) is 18.3. The Morgan fingerprint density at radius 2 is 1.79 bits per heavy atom. The fourth-order valence-corrected chi connectivity index (χ4v) is 2.49. The van der Waals surface area contributed by atoms with Gasteiger partial charge in [0.15, 0.2) is 0 Å². The van der Waals surface area contributed by atoms with E-state index in [0.717, 1.165) is 30.6 Å². The summed E-state index contributed by atoms with van der Waals surface area (Å²) in [6, 6.07) is 5.10. The molecule has 4 nitrogen and oxygen atoms in total. The van der Waals surface area contributed by atoms with Gasteiger partial charge in [0.2, 0.25) is 0 Å². The maximum atomic E-state index is 11.4. The Morgan fingerprint density at radius 1 is 1.21 bits per heavy atom. The highest BCUT2D eigenvalue weighted by Gasteiger charge is 2.30. The van der Waals surface area contributed by atoms with E-state index in [0.29, 0.717) is 11.3 Å². The second-order valence-electron chi connectivity index (χ2n) is 5.87. The van der Waals surface area contributed by atoms with Crippen molar-refractivity contribution in [3.05, 3.63) is 23.8 Å². The van der Waals surface area contributed by atoms with Crippen molar-refractivity contribution in [3.63, 3.8) is 0 Å². The summed E-state index contributed by atoms with van der Waals surface area (Å²) in [5, 5.41) is 9.34. The molecular weight excluding hydrogens is 240 g/mol. The lowest BCUT2D eigenvalue weighted by Crippen LogP contribution is -2.29. The largest absolute Gasteiger partial charge is 0.478 e. The summed E-state index contributed by atoms with van der Waals surface area (Å²) in [5.74, 6) is 0.607. The third-order valence-electron chi connectivity index (χ3n) is 3.94. The molecule has 0 bridgehead atoms. The molecule has 0 unspecified atom stereocenters. The van der Waals surface area contributed by atoms with Crippen LogP contribution in [0.3, 0.4) is 0 Å². The van der Waals surface area contributed by atoms with E-state index in [1.807, 2.05) is 6.07 Å². The molecule has 19 heavy (non-hydrogen) atoms. The first kappa shape index (κ1) is 12.3. The fourth-order valence-electron chi connectivity index (χ4n) is 2.49. The molecule has 0 spiro atoms. The molecule has 0 aliphatic heterocycles. The van der Waals surface area contributed by atoms with Gasteiger partial charge in [-0.25, -0.2) is 4.79 Å². The lowest BCUT2D eigenvalue weighted by Gasteiger charge is -2.26. The molecular formula is C15H20N2O2. The van der Waals surface area contributed by atoms with Gasteiger partial charge in [0, 0.05) is 18.8 Å². The predicted molar refractivity (Wildman–Crippen MR) is 75.5 cm³/mol. The topological polar surface area (TPSA) is 66.6 Å². The Balaban J connectivity index is 1.89. The maximum absolute atomic E-state index is 11.4. The lowest BCUT2D eigenvalue weighted by atomic mass is 10.1. The Hall–Kier alpha value is -1.71. The molecule has 2 saturated carbocycles. The molecule has 0 saturated heterocycles. The third kappa shape index (κ3) is 3.00. The highest BCUT2D eigenvalue weighted by molar-refractivity contribution is 5.95. The molecule has 4 heteroatoms. The van der Waals surface area contributed by atoms with Crippen LogP contribution in [0.25, 0.3) is 0 Å². The Bertz CT molecular complexity index is 479. The number of nitrogen functional groups attached to an aromatic ring is 1. The Labute approximate surface area is 113 Å². The summed E-state index contributed by atoms with van der Waals surface area (Å²) in [7, 11) is 0. The van der Waals surface area contributed by atoms with Gasteiger partial charge in [-0.05, 0) is 55.7 Å². The number of nitrogens with zero attached hydrogens (tertiary/aromatic N) is 1. The highest BCUT2D eigenvalue weighted by atomic mass is 16.4. The summed E-state index contributed by atoms with van der Waals surface area (Å²) >= 11 is 0. The minimum atomic E-state index is -0.869. The van der Waals surface area contributed by atoms with E-state index in [9.17, 15) is 9.90 Å². The minimum absolute atomic E-state index is 0.371. The van der Waals surface area contributed by atoms with Gasteiger partial charge in [-0.3, -0.25) is 0 Å². The van der Waals surface area contributed by atoms with Gasteiger partial charge < -0.3 is 15.7 Å². The van der Waals surface area contributed by atoms with Crippen LogP contribution in [0.2, 0.25) is 0 Å². The van der Waals surface area contributed by atoms with Crippen LogP contribution in [0.15, 0.2) is 18.2 Å². The van der Waals surface area contributed by atoms with Crippen molar-refractivity contribution in [1.82, 2.24) is 0 Å². The van der Waals surface area contributed by atoms with Crippen molar-refractivity contribution in [2.45, 2.75) is 25.7 Å². The summed E-state index contributed by atoms with van der Waals surface area (Å²) in [5.41, 5.74) is 7.64. The molecule has 2 aliphatic rings. The van der Waals surface area contributed by atoms with E-state index in [-0.39, 0.29) is 0 Å². The third-order valence-corrected chi connectivity index (χ3v) is 3.94. The van der Waals surface area contributed by atoms with Gasteiger partial charge in [0.25, 0.3) is 0 Å². The van der Waals surface area contributed by atoms with Crippen molar-refractivity contribution >= 4 is 17.3 Å². The number of carboxylic acid groups (broad SMARTS) is 1. The van der Waals surface area contributed by atoms with Crippen molar-refractivity contribution in [1.29, 1.82) is 0 Å². The van der Waals surface area contributed by atoms with E-state index in [4.69, 9.17) is 5.73 Å². The summed E-state index contributed by atoms with van der Waals surface area (Å²) in [4.78, 5) is 13.6. The molecule has 0 heterocycles. The van der Waals surface area contributed by atoms with Crippen molar-refractivity contribution in [2.75, 3.05) is 23.7 Å². The Morgan fingerprint density at radius 3 is 2.26 bits per heavy atom. The van der Waals surface area contributed by atoms with Crippen molar-refractivity contribution < 1.29 is 9.90 Å². The lowest BCUT2D eigenvalue weighted by molar-refractivity contribution is 0.0697. The number of anilines is 2. The van der Waals surface area contributed by atoms with E-state index < -0.39 is 5.97 Å². The van der Waals surface area contributed by atoms with Crippen LogP contribution in [0.1, 0.15) is 36.0 Å². The first-order chi connectivity index (χ1) is 9.13. The second-order valence-corrected chi connectivity index (χ2v) is 5.87. The van der Waals surface area contributed by atoms with Gasteiger partial charge in [0.05, 0.1) is 11.3 Å². The number of aromatic carboxylic acids is 1. The SMILES string of the molecule is Nc1ccc(C(=O)O)c(N(CC2CC2)CC2CC2)c1. The van der Waals surface area contributed by atoms with Gasteiger partial charge >= 0.3 is 5.97 Å². The first-order valence-corrected chi connectivity index (χ1v) is 7.01. The van der Waals surface area contributed by atoms with Crippen LogP contribution in [-0.2, 0) is 0 Å². The minimum Gasteiger partial charge on any atom is -0.478 e. The van der Waals surface area contributed by atoms with Crippen molar-refractivity contribution in [3.8, 4) is 0 Å². The number of benzene rings is 1. The fraction of sp³-hybridized carbons (Fsp3) is 0.533. The summed E-state index contributed by atoms with van der Waals surface area (Å²) < 4.78 is 0.